The van der Waals surface area contributed by atoms with E-state index in [1.807, 2.05) is 23.1 Å². The van der Waals surface area contributed by atoms with Crippen LogP contribution in [0.5, 0.6) is 0 Å². The van der Waals surface area contributed by atoms with Crippen LogP contribution in [0.1, 0.15) is 29.6 Å². The zero-order valence-corrected chi connectivity index (χ0v) is 12.3. The maximum atomic E-state index is 12.6. The molecule has 0 radical (unpaired) electrons. The number of H-pyrrole nitrogens is 1. The summed E-state index contributed by atoms with van der Waals surface area (Å²) in [5, 5.41) is 0. The zero-order chi connectivity index (χ0) is 14.7. The van der Waals surface area contributed by atoms with E-state index in [0.717, 1.165) is 55.6 Å². The van der Waals surface area contributed by atoms with Crippen LogP contribution in [0, 0.1) is 5.92 Å². The summed E-state index contributed by atoms with van der Waals surface area (Å²) >= 11 is 0. The highest BCUT2D eigenvalue weighted by Gasteiger charge is 2.23. The van der Waals surface area contributed by atoms with Crippen LogP contribution in [0.25, 0.3) is 11.0 Å². The first-order valence-corrected chi connectivity index (χ1v) is 7.49. The summed E-state index contributed by atoms with van der Waals surface area (Å²) in [6.07, 6.45) is 4.89. The van der Waals surface area contributed by atoms with Crippen LogP contribution < -0.4 is 0 Å². The Morgan fingerprint density at radius 2 is 2.24 bits per heavy atom. The molecule has 0 aliphatic carbocycles. The van der Waals surface area contributed by atoms with E-state index in [2.05, 4.69) is 9.97 Å². The molecule has 1 aliphatic rings. The molecule has 3 rings (SSSR count). The van der Waals surface area contributed by atoms with E-state index in [1.165, 1.54) is 0 Å². The molecule has 0 unspecified atom stereocenters. The molecule has 0 saturated carbocycles. The van der Waals surface area contributed by atoms with Gasteiger partial charge in [-0.15, -0.1) is 0 Å². The number of hydrogen-bond donors (Lipinski definition) is 1. The molecular formula is C16H21N3O2. The third kappa shape index (κ3) is 3.08. The smallest absolute Gasteiger partial charge is 0.253 e. The van der Waals surface area contributed by atoms with Gasteiger partial charge >= 0.3 is 0 Å². The number of benzene rings is 1. The Labute approximate surface area is 124 Å². The Morgan fingerprint density at radius 1 is 1.43 bits per heavy atom. The molecule has 1 aromatic heterocycles. The molecule has 5 heteroatoms. The number of piperidine rings is 1. The first-order chi connectivity index (χ1) is 10.3. The third-order valence-electron chi connectivity index (χ3n) is 4.30. The van der Waals surface area contributed by atoms with Gasteiger partial charge in [0.2, 0.25) is 0 Å². The number of fused-ring (bicyclic) bond motifs is 1. The first kappa shape index (κ1) is 14.1. The first-order valence-electron chi connectivity index (χ1n) is 7.49. The second-order valence-electron chi connectivity index (χ2n) is 5.65. The van der Waals surface area contributed by atoms with E-state index in [1.54, 1.807) is 13.4 Å². The van der Waals surface area contributed by atoms with E-state index >= 15 is 0 Å². The Balaban J connectivity index is 1.63. The van der Waals surface area contributed by atoms with E-state index in [0.29, 0.717) is 5.92 Å². The average Bonchev–Trinajstić information content (AvgIpc) is 3.00. The van der Waals surface area contributed by atoms with Gasteiger partial charge in [0.25, 0.3) is 5.91 Å². The largest absolute Gasteiger partial charge is 0.385 e. The maximum absolute atomic E-state index is 12.6. The minimum absolute atomic E-state index is 0.122. The molecule has 1 N–H and O–H groups in total. The van der Waals surface area contributed by atoms with E-state index in [9.17, 15) is 4.79 Å². The predicted octanol–water partition coefficient (Wildman–Crippen LogP) is 2.45. The second kappa shape index (κ2) is 6.26. The highest BCUT2D eigenvalue weighted by Crippen LogP contribution is 2.22. The summed E-state index contributed by atoms with van der Waals surface area (Å²) in [6, 6.07) is 5.65. The molecule has 21 heavy (non-hydrogen) atoms. The minimum atomic E-state index is 0.122. The molecular weight excluding hydrogens is 266 g/mol. The number of methoxy groups -OCH3 is 1. The highest BCUT2D eigenvalue weighted by atomic mass is 16.5. The Hall–Kier alpha value is -1.88. The van der Waals surface area contributed by atoms with Crippen LogP contribution in [0.4, 0.5) is 0 Å². The van der Waals surface area contributed by atoms with Gasteiger partial charge < -0.3 is 14.6 Å². The standard InChI is InChI=1S/C16H21N3O2/c1-21-9-6-12-4-7-19(8-5-12)16(20)13-2-3-14-15(10-13)18-11-17-14/h2-3,10-12H,4-9H2,1H3,(H,17,18). The molecule has 1 amide bonds. The monoisotopic (exact) mass is 287 g/mol. The normalized spacial score (nSPS) is 16.5. The van der Waals surface area contributed by atoms with Gasteiger partial charge in [-0.3, -0.25) is 4.79 Å². The fourth-order valence-corrected chi connectivity index (χ4v) is 2.96. The molecule has 2 heterocycles. The van der Waals surface area contributed by atoms with Crippen molar-refractivity contribution in [2.75, 3.05) is 26.8 Å². The Morgan fingerprint density at radius 3 is 3.00 bits per heavy atom. The van der Waals surface area contributed by atoms with Crippen LogP contribution in [0.2, 0.25) is 0 Å². The SMILES string of the molecule is COCCC1CCN(C(=O)c2ccc3nc[nH]c3c2)CC1. The molecule has 0 bridgehead atoms. The number of hydrogen-bond acceptors (Lipinski definition) is 3. The molecule has 1 aromatic carbocycles. The van der Waals surface area contributed by atoms with E-state index < -0.39 is 0 Å². The second-order valence-corrected chi connectivity index (χ2v) is 5.65. The van der Waals surface area contributed by atoms with Gasteiger partial charge in [-0.2, -0.15) is 0 Å². The zero-order valence-electron chi connectivity index (χ0n) is 12.3. The van der Waals surface area contributed by atoms with Crippen molar-refractivity contribution >= 4 is 16.9 Å². The number of carbonyl (C=O) groups is 1. The van der Waals surface area contributed by atoms with Crippen LogP contribution in [-0.4, -0.2) is 47.6 Å². The van der Waals surface area contributed by atoms with Crippen molar-refractivity contribution in [3.63, 3.8) is 0 Å². The van der Waals surface area contributed by atoms with Gasteiger partial charge in [-0.25, -0.2) is 4.98 Å². The minimum Gasteiger partial charge on any atom is -0.385 e. The van der Waals surface area contributed by atoms with Crippen molar-refractivity contribution < 1.29 is 9.53 Å². The van der Waals surface area contributed by atoms with Gasteiger partial charge in [0.1, 0.15) is 0 Å². The van der Waals surface area contributed by atoms with Crippen LogP contribution >= 0.6 is 0 Å². The number of aromatic amines is 1. The maximum Gasteiger partial charge on any atom is 0.253 e. The lowest BCUT2D eigenvalue weighted by atomic mass is 9.93. The molecule has 1 fully saturated rings. The van der Waals surface area contributed by atoms with Crippen molar-refractivity contribution in [1.82, 2.24) is 14.9 Å². The lowest BCUT2D eigenvalue weighted by Gasteiger charge is -2.32. The quantitative estimate of drug-likeness (QED) is 0.939. The number of aromatic nitrogens is 2. The summed E-state index contributed by atoms with van der Waals surface area (Å²) in [6.45, 7) is 2.50. The summed E-state index contributed by atoms with van der Waals surface area (Å²) < 4.78 is 5.13. The topological polar surface area (TPSA) is 58.2 Å². The fraction of sp³-hybridized carbons (Fsp3) is 0.500. The van der Waals surface area contributed by atoms with Gasteiger partial charge in [0.05, 0.1) is 17.4 Å². The number of rotatable bonds is 4. The van der Waals surface area contributed by atoms with Crippen molar-refractivity contribution in [3.8, 4) is 0 Å². The predicted molar refractivity (Wildman–Crippen MR) is 81.2 cm³/mol. The number of amides is 1. The number of imidazole rings is 1. The molecule has 1 aliphatic heterocycles. The Kier molecular flexibility index (Phi) is 4.20. The van der Waals surface area contributed by atoms with Crippen LogP contribution in [-0.2, 0) is 4.74 Å². The number of ether oxygens (including phenoxy) is 1. The molecule has 1 saturated heterocycles. The van der Waals surface area contributed by atoms with Crippen LogP contribution in [0.3, 0.4) is 0 Å². The molecule has 2 aromatic rings. The summed E-state index contributed by atoms with van der Waals surface area (Å²) in [4.78, 5) is 21.7. The van der Waals surface area contributed by atoms with E-state index in [4.69, 9.17) is 4.74 Å². The molecule has 5 nitrogen and oxygen atoms in total. The molecule has 0 spiro atoms. The van der Waals surface area contributed by atoms with Crippen molar-refractivity contribution in [2.24, 2.45) is 5.92 Å². The highest BCUT2D eigenvalue weighted by molar-refractivity contribution is 5.97. The third-order valence-corrected chi connectivity index (χ3v) is 4.30. The lowest BCUT2D eigenvalue weighted by molar-refractivity contribution is 0.0670. The average molecular weight is 287 g/mol. The number of nitrogens with one attached hydrogen (secondary N) is 1. The number of likely N-dealkylation sites (tertiary alicyclic amines) is 1. The van der Waals surface area contributed by atoms with Gasteiger partial charge in [0, 0.05) is 32.4 Å². The van der Waals surface area contributed by atoms with Gasteiger partial charge in [-0.05, 0) is 43.4 Å². The molecule has 112 valence electrons. The van der Waals surface area contributed by atoms with Crippen molar-refractivity contribution in [2.45, 2.75) is 19.3 Å². The Bertz CT molecular complexity index is 615. The fourth-order valence-electron chi connectivity index (χ4n) is 2.96. The summed E-state index contributed by atoms with van der Waals surface area (Å²) in [5.74, 6) is 0.806. The lowest BCUT2D eigenvalue weighted by Crippen LogP contribution is -2.38. The van der Waals surface area contributed by atoms with Gasteiger partial charge in [0.15, 0.2) is 0 Å². The van der Waals surface area contributed by atoms with Gasteiger partial charge in [-0.1, -0.05) is 0 Å². The summed E-state index contributed by atoms with van der Waals surface area (Å²) in [5.41, 5.74) is 2.54. The van der Waals surface area contributed by atoms with Crippen molar-refractivity contribution in [1.29, 1.82) is 0 Å². The number of carbonyl (C=O) groups excluding carboxylic acids is 1. The van der Waals surface area contributed by atoms with Crippen LogP contribution in [0.15, 0.2) is 24.5 Å². The number of nitrogens with zero attached hydrogens (tertiary/aromatic N) is 2. The van der Waals surface area contributed by atoms with E-state index in [-0.39, 0.29) is 5.91 Å². The molecule has 0 atom stereocenters. The summed E-state index contributed by atoms with van der Waals surface area (Å²) in [7, 11) is 1.74. The van der Waals surface area contributed by atoms with Crippen molar-refractivity contribution in [3.05, 3.63) is 30.1 Å².